The van der Waals surface area contributed by atoms with E-state index in [-0.39, 0.29) is 17.1 Å². The van der Waals surface area contributed by atoms with Gasteiger partial charge in [-0.3, -0.25) is 18.7 Å². The van der Waals surface area contributed by atoms with E-state index < -0.39 is 17.3 Å². The first kappa shape index (κ1) is 15.0. The van der Waals surface area contributed by atoms with E-state index in [0.29, 0.717) is 6.54 Å². The minimum absolute atomic E-state index is 0.188. The molecule has 1 amide bonds. The summed E-state index contributed by atoms with van der Waals surface area (Å²) in [5, 5.41) is 2.78. The highest BCUT2D eigenvalue weighted by molar-refractivity contribution is 5.82. The maximum absolute atomic E-state index is 12.3. The van der Waals surface area contributed by atoms with Crippen molar-refractivity contribution in [3.8, 4) is 0 Å². The van der Waals surface area contributed by atoms with Crippen molar-refractivity contribution >= 4 is 17.1 Å². The number of carbonyl (C=O) groups excluding carboxylic acids is 1. The van der Waals surface area contributed by atoms with Crippen LogP contribution in [0.5, 0.6) is 0 Å². The molecule has 0 aromatic carbocycles. The molecular weight excluding hydrogens is 274 g/mol. The van der Waals surface area contributed by atoms with Crippen molar-refractivity contribution in [1.29, 1.82) is 0 Å². The van der Waals surface area contributed by atoms with E-state index in [1.54, 1.807) is 14.0 Å². The topological polar surface area (TPSA) is 90.9 Å². The lowest BCUT2D eigenvalue weighted by atomic mass is 10.3. The predicted octanol–water partition coefficient (Wildman–Crippen LogP) is -0.479. The van der Waals surface area contributed by atoms with E-state index in [1.807, 2.05) is 6.92 Å². The fourth-order valence-corrected chi connectivity index (χ4v) is 2.18. The Bertz CT molecular complexity index is 798. The number of amides is 1. The van der Waals surface area contributed by atoms with Gasteiger partial charge in [0.05, 0.1) is 6.33 Å². The van der Waals surface area contributed by atoms with E-state index in [2.05, 4.69) is 10.3 Å². The fraction of sp³-hybridized carbons (Fsp3) is 0.538. The van der Waals surface area contributed by atoms with Crippen LogP contribution in [0, 0.1) is 0 Å². The molecule has 0 radical (unpaired) electrons. The summed E-state index contributed by atoms with van der Waals surface area (Å²) in [4.78, 5) is 40.3. The number of imidazole rings is 1. The van der Waals surface area contributed by atoms with E-state index in [4.69, 9.17) is 0 Å². The molecule has 21 heavy (non-hydrogen) atoms. The van der Waals surface area contributed by atoms with Gasteiger partial charge in [0.2, 0.25) is 5.91 Å². The third kappa shape index (κ3) is 2.37. The second-order valence-corrected chi connectivity index (χ2v) is 5.00. The van der Waals surface area contributed by atoms with Gasteiger partial charge in [0.25, 0.3) is 5.56 Å². The normalized spacial score (nSPS) is 12.6. The molecule has 0 spiro atoms. The Labute approximate surface area is 121 Å². The number of carbonyl (C=O) groups is 1. The van der Waals surface area contributed by atoms with Gasteiger partial charge in [0, 0.05) is 20.6 Å². The first-order valence-electron chi connectivity index (χ1n) is 6.80. The van der Waals surface area contributed by atoms with E-state index in [0.717, 1.165) is 11.0 Å². The summed E-state index contributed by atoms with van der Waals surface area (Å²) in [7, 11) is 2.95. The van der Waals surface area contributed by atoms with Crippen LogP contribution in [0.3, 0.4) is 0 Å². The molecule has 2 aromatic rings. The Morgan fingerprint density at radius 3 is 2.62 bits per heavy atom. The number of hydrogen-bond acceptors (Lipinski definition) is 4. The number of nitrogens with one attached hydrogen (secondary N) is 1. The Balaban J connectivity index is 2.60. The maximum Gasteiger partial charge on any atom is 0.332 e. The highest BCUT2D eigenvalue weighted by Gasteiger charge is 2.21. The summed E-state index contributed by atoms with van der Waals surface area (Å²) in [5.41, 5.74) is -0.376. The summed E-state index contributed by atoms with van der Waals surface area (Å²) in [6.07, 6.45) is 2.25. The van der Waals surface area contributed by atoms with Gasteiger partial charge in [-0.15, -0.1) is 0 Å². The van der Waals surface area contributed by atoms with Gasteiger partial charge in [-0.25, -0.2) is 9.78 Å². The van der Waals surface area contributed by atoms with Gasteiger partial charge < -0.3 is 9.88 Å². The lowest BCUT2D eigenvalue weighted by Crippen LogP contribution is -2.38. The maximum atomic E-state index is 12.3. The first-order valence-corrected chi connectivity index (χ1v) is 6.80. The third-order valence-corrected chi connectivity index (χ3v) is 3.52. The molecule has 0 aliphatic heterocycles. The van der Waals surface area contributed by atoms with E-state index >= 15 is 0 Å². The summed E-state index contributed by atoms with van der Waals surface area (Å²) < 4.78 is 3.81. The standard InChI is InChI=1S/C13H19N5O3/c1-5-6-14-11(19)8(2)18-7-15-10-9(18)12(20)17(4)13(21)16(10)3/h7-8H,5-6H2,1-4H3,(H,14,19)/t8-/m1/s1. The quantitative estimate of drug-likeness (QED) is 0.824. The van der Waals surface area contributed by atoms with Gasteiger partial charge in [0.1, 0.15) is 6.04 Å². The Morgan fingerprint density at radius 2 is 2.00 bits per heavy atom. The van der Waals surface area contributed by atoms with Crippen molar-refractivity contribution in [1.82, 2.24) is 24.0 Å². The minimum Gasteiger partial charge on any atom is -0.354 e. The van der Waals surface area contributed by atoms with Crippen molar-refractivity contribution in [2.24, 2.45) is 14.1 Å². The summed E-state index contributed by atoms with van der Waals surface area (Å²) in [6.45, 7) is 4.23. The molecular formula is C13H19N5O3. The molecule has 0 fully saturated rings. The van der Waals surface area contributed by atoms with Crippen LogP contribution in [-0.4, -0.2) is 31.1 Å². The number of rotatable bonds is 4. The van der Waals surface area contributed by atoms with Gasteiger partial charge in [-0.1, -0.05) is 6.92 Å². The molecule has 0 aliphatic rings. The van der Waals surface area contributed by atoms with Crippen molar-refractivity contribution in [2.75, 3.05) is 6.54 Å². The second kappa shape index (κ2) is 5.55. The average Bonchev–Trinajstić information content (AvgIpc) is 2.92. The highest BCUT2D eigenvalue weighted by atomic mass is 16.2. The van der Waals surface area contributed by atoms with Crippen LogP contribution in [0.1, 0.15) is 26.3 Å². The van der Waals surface area contributed by atoms with E-state index in [9.17, 15) is 14.4 Å². The Hall–Kier alpha value is -2.38. The zero-order valence-electron chi connectivity index (χ0n) is 12.6. The van der Waals surface area contributed by atoms with Crippen LogP contribution < -0.4 is 16.6 Å². The number of fused-ring (bicyclic) bond motifs is 1. The Kier molecular flexibility index (Phi) is 3.97. The zero-order valence-corrected chi connectivity index (χ0v) is 12.6. The largest absolute Gasteiger partial charge is 0.354 e. The van der Waals surface area contributed by atoms with Crippen LogP contribution in [0.15, 0.2) is 15.9 Å². The van der Waals surface area contributed by atoms with Gasteiger partial charge in [-0.2, -0.15) is 0 Å². The number of hydrogen-bond donors (Lipinski definition) is 1. The molecule has 1 N–H and O–H groups in total. The van der Waals surface area contributed by atoms with Crippen LogP contribution in [0.25, 0.3) is 11.2 Å². The molecule has 0 aliphatic carbocycles. The van der Waals surface area contributed by atoms with Crippen LogP contribution in [0.2, 0.25) is 0 Å². The molecule has 1 atom stereocenters. The zero-order chi connectivity index (χ0) is 15.7. The molecule has 0 unspecified atom stereocenters. The first-order chi connectivity index (χ1) is 9.90. The molecule has 2 heterocycles. The van der Waals surface area contributed by atoms with Crippen molar-refractivity contribution in [3.63, 3.8) is 0 Å². The minimum atomic E-state index is -0.577. The second-order valence-electron chi connectivity index (χ2n) is 5.00. The van der Waals surface area contributed by atoms with Crippen molar-refractivity contribution in [3.05, 3.63) is 27.2 Å². The molecule has 8 heteroatoms. The molecule has 2 rings (SSSR count). The lowest BCUT2D eigenvalue weighted by molar-refractivity contribution is -0.123. The summed E-state index contributed by atoms with van der Waals surface area (Å²) in [5.74, 6) is -0.188. The van der Waals surface area contributed by atoms with Crippen LogP contribution in [0.4, 0.5) is 0 Å². The van der Waals surface area contributed by atoms with Gasteiger partial charge in [-0.05, 0) is 13.3 Å². The summed E-state index contributed by atoms with van der Waals surface area (Å²) >= 11 is 0. The third-order valence-electron chi connectivity index (χ3n) is 3.52. The monoisotopic (exact) mass is 293 g/mol. The molecule has 0 saturated heterocycles. The molecule has 0 bridgehead atoms. The highest BCUT2D eigenvalue weighted by Crippen LogP contribution is 2.13. The summed E-state index contributed by atoms with van der Waals surface area (Å²) in [6, 6.07) is -0.577. The smallest absolute Gasteiger partial charge is 0.332 e. The Morgan fingerprint density at radius 1 is 1.33 bits per heavy atom. The predicted molar refractivity (Wildman–Crippen MR) is 78.2 cm³/mol. The fourth-order valence-electron chi connectivity index (χ4n) is 2.18. The lowest BCUT2D eigenvalue weighted by Gasteiger charge is -2.14. The number of aromatic nitrogens is 4. The number of aryl methyl sites for hydroxylation is 1. The van der Waals surface area contributed by atoms with Crippen molar-refractivity contribution < 1.29 is 4.79 Å². The molecule has 8 nitrogen and oxygen atoms in total. The van der Waals surface area contributed by atoms with Gasteiger partial charge >= 0.3 is 5.69 Å². The molecule has 114 valence electrons. The number of nitrogens with zero attached hydrogens (tertiary/aromatic N) is 4. The van der Waals surface area contributed by atoms with Crippen LogP contribution in [-0.2, 0) is 18.9 Å². The van der Waals surface area contributed by atoms with E-state index in [1.165, 1.54) is 22.5 Å². The molecule has 0 saturated carbocycles. The van der Waals surface area contributed by atoms with Gasteiger partial charge in [0.15, 0.2) is 11.2 Å². The average molecular weight is 293 g/mol. The van der Waals surface area contributed by atoms with Crippen LogP contribution >= 0.6 is 0 Å². The molecule has 2 aromatic heterocycles. The SMILES string of the molecule is CCCNC(=O)[C@@H](C)n1cnc2c1c(=O)n(C)c(=O)n2C. The van der Waals surface area contributed by atoms with Crippen molar-refractivity contribution in [2.45, 2.75) is 26.3 Å².